The van der Waals surface area contributed by atoms with Crippen LogP contribution in [0.25, 0.3) is 0 Å². The van der Waals surface area contributed by atoms with Gasteiger partial charge >= 0.3 is 6.03 Å². The van der Waals surface area contributed by atoms with Crippen molar-refractivity contribution in [3.05, 3.63) is 53.9 Å². The number of hydrogen-bond donors (Lipinski definition) is 3. The fourth-order valence-corrected chi connectivity index (χ4v) is 1.58. The number of amides is 3. The lowest BCUT2D eigenvalue weighted by atomic mass is 10.2. The highest BCUT2D eigenvalue weighted by Gasteiger charge is 2.06. The highest BCUT2D eigenvalue weighted by Crippen LogP contribution is 2.14. The summed E-state index contributed by atoms with van der Waals surface area (Å²) in [6.45, 7) is 1.85. The Morgan fingerprint density at radius 2 is 1.60 bits per heavy atom. The lowest BCUT2D eigenvalue weighted by molar-refractivity contribution is 0.102. The molecule has 0 saturated carbocycles. The number of carbonyl (C=O) groups is 2. The van der Waals surface area contributed by atoms with Crippen LogP contribution in [0.15, 0.2) is 42.6 Å². The number of aryl methyl sites for hydroxylation is 1. The van der Waals surface area contributed by atoms with Crippen LogP contribution in [0.5, 0.6) is 0 Å². The molecule has 2 aromatic rings. The Morgan fingerprint density at radius 3 is 2.10 bits per heavy atom. The van der Waals surface area contributed by atoms with Crippen LogP contribution in [0.2, 0.25) is 0 Å². The third-order valence-electron chi connectivity index (χ3n) is 2.58. The Balaban J connectivity index is 2.04. The van der Waals surface area contributed by atoms with Gasteiger partial charge in [-0.2, -0.15) is 0 Å². The summed E-state index contributed by atoms with van der Waals surface area (Å²) in [6.07, 6.45) is 1.52. The Bertz CT molecular complexity index is 621. The standard InChI is InChI=1S/C14H14N4O2/c1-9-2-3-10(8-16-9)13(19)17-11-4-6-12(7-5-11)18-14(15)20/h2-8H,1H3,(H,17,19)(H3,15,18,20). The highest BCUT2D eigenvalue weighted by atomic mass is 16.2. The van der Waals surface area contributed by atoms with E-state index in [0.29, 0.717) is 16.9 Å². The number of benzene rings is 1. The van der Waals surface area contributed by atoms with E-state index in [2.05, 4.69) is 15.6 Å². The van der Waals surface area contributed by atoms with Crippen LogP contribution < -0.4 is 16.4 Å². The predicted octanol–water partition coefficient (Wildman–Crippen LogP) is 2.13. The Kier molecular flexibility index (Phi) is 3.95. The minimum Gasteiger partial charge on any atom is -0.351 e. The second-order valence-corrected chi connectivity index (χ2v) is 4.21. The van der Waals surface area contributed by atoms with Crippen LogP contribution in [0.4, 0.5) is 16.2 Å². The second kappa shape index (κ2) is 5.83. The molecular weight excluding hydrogens is 256 g/mol. The van der Waals surface area contributed by atoms with Crippen LogP contribution in [0.1, 0.15) is 16.1 Å². The maximum atomic E-state index is 11.9. The molecule has 1 aromatic heterocycles. The van der Waals surface area contributed by atoms with E-state index in [0.717, 1.165) is 5.69 Å². The van der Waals surface area contributed by atoms with Crippen molar-refractivity contribution in [3.63, 3.8) is 0 Å². The molecule has 20 heavy (non-hydrogen) atoms. The minimum atomic E-state index is -0.632. The maximum absolute atomic E-state index is 11.9. The van der Waals surface area contributed by atoms with Gasteiger partial charge in [-0.15, -0.1) is 0 Å². The zero-order chi connectivity index (χ0) is 14.5. The molecule has 102 valence electrons. The average Bonchev–Trinajstić information content (AvgIpc) is 2.41. The smallest absolute Gasteiger partial charge is 0.316 e. The third-order valence-corrected chi connectivity index (χ3v) is 2.58. The van der Waals surface area contributed by atoms with Gasteiger partial charge < -0.3 is 16.4 Å². The van der Waals surface area contributed by atoms with Crippen LogP contribution in [-0.2, 0) is 0 Å². The lowest BCUT2D eigenvalue weighted by Gasteiger charge is -2.07. The fourth-order valence-electron chi connectivity index (χ4n) is 1.58. The first kappa shape index (κ1) is 13.5. The van der Waals surface area contributed by atoms with Crippen molar-refractivity contribution >= 4 is 23.3 Å². The normalized spacial score (nSPS) is 9.85. The molecule has 6 nitrogen and oxygen atoms in total. The summed E-state index contributed by atoms with van der Waals surface area (Å²) in [5.74, 6) is -0.242. The monoisotopic (exact) mass is 270 g/mol. The largest absolute Gasteiger partial charge is 0.351 e. The first-order chi connectivity index (χ1) is 9.54. The molecule has 3 amide bonds. The van der Waals surface area contributed by atoms with Crippen molar-refractivity contribution in [2.45, 2.75) is 6.92 Å². The van der Waals surface area contributed by atoms with E-state index >= 15 is 0 Å². The van der Waals surface area contributed by atoms with Crippen LogP contribution in [-0.4, -0.2) is 16.9 Å². The van der Waals surface area contributed by atoms with Crippen molar-refractivity contribution in [3.8, 4) is 0 Å². The molecule has 1 heterocycles. The minimum absolute atomic E-state index is 0.242. The fraction of sp³-hybridized carbons (Fsp3) is 0.0714. The van der Waals surface area contributed by atoms with Crippen LogP contribution in [0, 0.1) is 6.92 Å². The highest BCUT2D eigenvalue weighted by molar-refractivity contribution is 6.04. The number of nitrogens with one attached hydrogen (secondary N) is 2. The summed E-state index contributed by atoms with van der Waals surface area (Å²) in [6, 6.07) is 9.49. The molecule has 0 saturated heterocycles. The van der Waals surface area contributed by atoms with E-state index in [1.165, 1.54) is 6.20 Å². The summed E-state index contributed by atoms with van der Waals surface area (Å²) in [4.78, 5) is 26.7. The van der Waals surface area contributed by atoms with Gasteiger partial charge in [-0.05, 0) is 43.3 Å². The number of rotatable bonds is 3. The molecule has 0 spiro atoms. The maximum Gasteiger partial charge on any atom is 0.316 e. The van der Waals surface area contributed by atoms with Crippen LogP contribution in [0.3, 0.4) is 0 Å². The number of primary amides is 1. The average molecular weight is 270 g/mol. The zero-order valence-corrected chi connectivity index (χ0v) is 10.9. The Labute approximate surface area is 116 Å². The third kappa shape index (κ3) is 3.55. The van der Waals surface area contributed by atoms with E-state index in [9.17, 15) is 9.59 Å². The summed E-state index contributed by atoms with van der Waals surface area (Å²) < 4.78 is 0. The van der Waals surface area contributed by atoms with Gasteiger partial charge in [-0.3, -0.25) is 9.78 Å². The first-order valence-electron chi connectivity index (χ1n) is 5.95. The topological polar surface area (TPSA) is 97.1 Å². The number of nitrogens with two attached hydrogens (primary N) is 1. The summed E-state index contributed by atoms with van der Waals surface area (Å²) in [5.41, 5.74) is 7.52. The van der Waals surface area contributed by atoms with Crippen molar-refractivity contribution in [1.29, 1.82) is 0 Å². The summed E-state index contributed by atoms with van der Waals surface area (Å²) in [7, 11) is 0. The van der Waals surface area contributed by atoms with Gasteiger partial charge in [-0.25, -0.2) is 4.79 Å². The molecule has 0 fully saturated rings. The number of anilines is 2. The molecule has 0 unspecified atom stereocenters. The van der Waals surface area contributed by atoms with Crippen molar-refractivity contribution in [2.24, 2.45) is 5.73 Å². The van der Waals surface area contributed by atoms with Gasteiger partial charge in [0.1, 0.15) is 0 Å². The molecule has 0 aliphatic rings. The number of pyridine rings is 1. The van der Waals surface area contributed by atoms with E-state index in [1.54, 1.807) is 36.4 Å². The number of nitrogens with zero attached hydrogens (tertiary/aromatic N) is 1. The molecular formula is C14H14N4O2. The van der Waals surface area contributed by atoms with Crippen molar-refractivity contribution < 1.29 is 9.59 Å². The summed E-state index contributed by atoms with van der Waals surface area (Å²) in [5, 5.41) is 5.17. The number of carbonyl (C=O) groups excluding carboxylic acids is 2. The Hall–Kier alpha value is -2.89. The molecule has 0 aliphatic carbocycles. The lowest BCUT2D eigenvalue weighted by Crippen LogP contribution is -2.19. The molecule has 0 radical (unpaired) electrons. The van der Waals surface area contributed by atoms with E-state index in [-0.39, 0.29) is 5.91 Å². The molecule has 0 aliphatic heterocycles. The molecule has 6 heteroatoms. The van der Waals surface area contributed by atoms with Gasteiger partial charge in [0.15, 0.2) is 0 Å². The first-order valence-corrected chi connectivity index (χ1v) is 5.95. The predicted molar refractivity (Wildman–Crippen MR) is 76.6 cm³/mol. The SMILES string of the molecule is Cc1ccc(C(=O)Nc2ccc(NC(N)=O)cc2)cn1. The second-order valence-electron chi connectivity index (χ2n) is 4.21. The summed E-state index contributed by atoms with van der Waals surface area (Å²) >= 11 is 0. The molecule has 4 N–H and O–H groups in total. The van der Waals surface area contributed by atoms with Gasteiger partial charge in [0.05, 0.1) is 5.56 Å². The van der Waals surface area contributed by atoms with E-state index in [1.807, 2.05) is 6.92 Å². The number of aromatic nitrogens is 1. The van der Waals surface area contributed by atoms with Gasteiger partial charge in [0.2, 0.25) is 0 Å². The quantitative estimate of drug-likeness (QED) is 0.797. The van der Waals surface area contributed by atoms with Gasteiger partial charge in [0, 0.05) is 23.3 Å². The zero-order valence-electron chi connectivity index (χ0n) is 10.9. The molecule has 2 rings (SSSR count). The number of hydrogen-bond acceptors (Lipinski definition) is 3. The van der Waals surface area contributed by atoms with Gasteiger partial charge in [-0.1, -0.05) is 0 Å². The number of urea groups is 1. The van der Waals surface area contributed by atoms with E-state index in [4.69, 9.17) is 5.73 Å². The van der Waals surface area contributed by atoms with Crippen molar-refractivity contribution in [2.75, 3.05) is 10.6 Å². The van der Waals surface area contributed by atoms with Crippen molar-refractivity contribution in [1.82, 2.24) is 4.98 Å². The van der Waals surface area contributed by atoms with E-state index < -0.39 is 6.03 Å². The Morgan fingerprint density at radius 1 is 1.00 bits per heavy atom. The molecule has 0 atom stereocenters. The molecule has 0 bridgehead atoms. The van der Waals surface area contributed by atoms with Gasteiger partial charge in [0.25, 0.3) is 5.91 Å². The molecule has 1 aromatic carbocycles. The van der Waals surface area contributed by atoms with Crippen LogP contribution >= 0.6 is 0 Å².